The third kappa shape index (κ3) is 2.60. The molecule has 24 heavy (non-hydrogen) atoms. The minimum Gasteiger partial charge on any atom is -0.347 e. The molecule has 0 spiro atoms. The topological polar surface area (TPSA) is 62.3 Å². The van der Waals surface area contributed by atoms with E-state index in [0.717, 1.165) is 4.90 Å². The first-order valence-electron chi connectivity index (χ1n) is 7.14. The van der Waals surface area contributed by atoms with Gasteiger partial charge in [-0.3, -0.25) is 9.59 Å². The highest BCUT2D eigenvalue weighted by atomic mass is 19.2. The van der Waals surface area contributed by atoms with Gasteiger partial charge in [-0.1, -0.05) is 0 Å². The maximum atomic E-state index is 14.4. The summed E-state index contributed by atoms with van der Waals surface area (Å²) in [6.07, 6.45) is 1.87. The van der Waals surface area contributed by atoms with E-state index >= 15 is 0 Å². The van der Waals surface area contributed by atoms with Crippen molar-refractivity contribution >= 4 is 18.0 Å². The Morgan fingerprint density at radius 1 is 1.17 bits per heavy atom. The summed E-state index contributed by atoms with van der Waals surface area (Å²) in [5.41, 5.74) is -0.703. The van der Waals surface area contributed by atoms with Gasteiger partial charge in [-0.25, -0.2) is 13.8 Å². The number of aromatic nitrogens is 1. The first-order chi connectivity index (χ1) is 11.5. The molecule has 8 heteroatoms. The molecule has 1 unspecified atom stereocenters. The average Bonchev–Trinajstić information content (AvgIpc) is 2.92. The fourth-order valence-corrected chi connectivity index (χ4v) is 2.70. The highest BCUT2D eigenvalue weighted by molar-refractivity contribution is 6.00. The summed E-state index contributed by atoms with van der Waals surface area (Å²) in [7, 11) is 0. The van der Waals surface area contributed by atoms with Crippen LogP contribution in [0, 0.1) is 17.6 Å². The van der Waals surface area contributed by atoms with Gasteiger partial charge in [-0.2, -0.15) is 4.39 Å². The van der Waals surface area contributed by atoms with E-state index in [9.17, 15) is 22.8 Å². The first-order valence-corrected chi connectivity index (χ1v) is 7.14. The van der Waals surface area contributed by atoms with Gasteiger partial charge >= 0.3 is 0 Å². The molecule has 3 rings (SSSR count). The first kappa shape index (κ1) is 16.0. The van der Waals surface area contributed by atoms with E-state index in [1.54, 1.807) is 0 Å². The number of amides is 2. The maximum Gasteiger partial charge on any atom is 0.249 e. The van der Waals surface area contributed by atoms with Gasteiger partial charge in [0.15, 0.2) is 11.6 Å². The second kappa shape index (κ2) is 6.31. The summed E-state index contributed by atoms with van der Waals surface area (Å²) in [6, 6.07) is 4.33. The van der Waals surface area contributed by atoms with Crippen LogP contribution in [0.15, 0.2) is 30.5 Å². The van der Waals surface area contributed by atoms with Gasteiger partial charge < -0.3 is 10.2 Å². The van der Waals surface area contributed by atoms with Crippen LogP contribution in [0.1, 0.15) is 6.42 Å². The van der Waals surface area contributed by atoms with Gasteiger partial charge in [0.1, 0.15) is 6.04 Å². The summed E-state index contributed by atoms with van der Waals surface area (Å²) in [4.78, 5) is 27.0. The number of nitrogens with one attached hydrogen (secondary N) is 1. The summed E-state index contributed by atoms with van der Waals surface area (Å²) in [5, 5.41) is 2.33. The van der Waals surface area contributed by atoms with Crippen LogP contribution in [-0.2, 0) is 9.59 Å². The highest BCUT2D eigenvalue weighted by Crippen LogP contribution is 2.32. The molecule has 0 radical (unpaired) electrons. The van der Waals surface area contributed by atoms with Crippen molar-refractivity contribution in [3.8, 4) is 11.1 Å². The Bertz CT molecular complexity index is 813. The monoisotopic (exact) mass is 335 g/mol. The lowest BCUT2D eigenvalue weighted by Crippen LogP contribution is -2.38. The molecule has 1 saturated heterocycles. The molecular weight excluding hydrogens is 323 g/mol. The second-order valence-corrected chi connectivity index (χ2v) is 5.22. The van der Waals surface area contributed by atoms with Gasteiger partial charge in [0, 0.05) is 23.9 Å². The molecule has 5 nitrogen and oxygen atoms in total. The largest absolute Gasteiger partial charge is 0.347 e. The van der Waals surface area contributed by atoms with E-state index in [-0.39, 0.29) is 29.8 Å². The molecule has 2 aromatic rings. The number of rotatable bonds is 4. The SMILES string of the molecule is O=CNC1CCN(c2ccc(-c3cccnc3F)c(F)c2F)C1=O. The number of carbonyl (C=O) groups excluding carboxylic acids is 2. The van der Waals surface area contributed by atoms with Crippen molar-refractivity contribution in [2.24, 2.45) is 0 Å². The molecule has 1 aliphatic rings. The molecule has 2 heterocycles. The van der Waals surface area contributed by atoms with Crippen molar-refractivity contribution in [1.29, 1.82) is 0 Å². The van der Waals surface area contributed by atoms with Crippen LogP contribution in [0.3, 0.4) is 0 Å². The molecule has 1 fully saturated rings. The van der Waals surface area contributed by atoms with E-state index in [4.69, 9.17) is 0 Å². The Balaban J connectivity index is 1.99. The third-order valence-electron chi connectivity index (χ3n) is 3.88. The molecule has 0 saturated carbocycles. The van der Waals surface area contributed by atoms with Crippen molar-refractivity contribution in [1.82, 2.24) is 10.3 Å². The van der Waals surface area contributed by atoms with Crippen LogP contribution in [-0.4, -0.2) is 29.9 Å². The highest BCUT2D eigenvalue weighted by Gasteiger charge is 2.34. The fraction of sp³-hybridized carbons (Fsp3) is 0.188. The number of nitrogens with zero attached hydrogens (tertiary/aromatic N) is 2. The third-order valence-corrected chi connectivity index (χ3v) is 3.88. The summed E-state index contributed by atoms with van der Waals surface area (Å²) < 4.78 is 42.5. The molecule has 1 aromatic carbocycles. The molecule has 1 aromatic heterocycles. The number of benzene rings is 1. The van der Waals surface area contributed by atoms with E-state index in [1.807, 2.05) is 0 Å². The van der Waals surface area contributed by atoms with E-state index in [1.165, 1.54) is 30.5 Å². The molecule has 2 amide bonds. The molecule has 124 valence electrons. The number of carbonyl (C=O) groups is 2. The van der Waals surface area contributed by atoms with E-state index in [2.05, 4.69) is 10.3 Å². The standard InChI is InChI=1S/C16H12F3N3O2/c17-13-9(10-2-1-6-20-15(10)19)3-4-12(14(13)18)22-7-5-11(16(22)24)21-8-23/h1-4,6,8,11H,5,7H2,(H,21,23). The van der Waals surface area contributed by atoms with Crippen LogP contribution in [0.2, 0.25) is 0 Å². The zero-order valence-electron chi connectivity index (χ0n) is 12.3. The second-order valence-electron chi connectivity index (χ2n) is 5.22. The Hall–Kier alpha value is -2.90. The lowest BCUT2D eigenvalue weighted by Gasteiger charge is -2.18. The number of halogens is 3. The Morgan fingerprint density at radius 3 is 2.67 bits per heavy atom. The molecular formula is C16H12F3N3O2. The molecule has 1 N–H and O–H groups in total. The van der Waals surface area contributed by atoms with Gasteiger partial charge in [0.25, 0.3) is 0 Å². The van der Waals surface area contributed by atoms with E-state index in [0.29, 0.717) is 6.41 Å². The van der Waals surface area contributed by atoms with Gasteiger partial charge in [-0.15, -0.1) is 0 Å². The summed E-state index contributed by atoms with van der Waals surface area (Å²) >= 11 is 0. The Labute approximate surface area is 135 Å². The normalized spacial score (nSPS) is 17.2. The molecule has 1 aliphatic heterocycles. The summed E-state index contributed by atoms with van der Waals surface area (Å²) in [5.74, 6) is -3.97. The van der Waals surface area contributed by atoms with Crippen molar-refractivity contribution < 1.29 is 22.8 Å². The number of hydrogen-bond acceptors (Lipinski definition) is 3. The zero-order valence-corrected chi connectivity index (χ0v) is 12.3. The lowest BCUT2D eigenvalue weighted by molar-refractivity contribution is -0.121. The van der Waals surface area contributed by atoms with Crippen molar-refractivity contribution in [2.45, 2.75) is 12.5 Å². The molecule has 0 bridgehead atoms. The smallest absolute Gasteiger partial charge is 0.249 e. The summed E-state index contributed by atoms with van der Waals surface area (Å²) in [6.45, 7) is 0.140. The molecule has 0 aliphatic carbocycles. The Morgan fingerprint density at radius 2 is 1.96 bits per heavy atom. The number of anilines is 1. The number of hydrogen-bond donors (Lipinski definition) is 1. The van der Waals surface area contributed by atoms with Crippen LogP contribution in [0.4, 0.5) is 18.9 Å². The fourth-order valence-electron chi connectivity index (χ4n) is 2.70. The minimum atomic E-state index is -1.26. The lowest BCUT2D eigenvalue weighted by atomic mass is 10.1. The number of pyridine rings is 1. The molecule has 1 atom stereocenters. The predicted molar refractivity (Wildman–Crippen MR) is 79.5 cm³/mol. The maximum absolute atomic E-state index is 14.4. The van der Waals surface area contributed by atoms with E-state index < -0.39 is 29.5 Å². The van der Waals surface area contributed by atoms with Crippen LogP contribution in [0.5, 0.6) is 0 Å². The van der Waals surface area contributed by atoms with Crippen LogP contribution >= 0.6 is 0 Å². The Kier molecular flexibility index (Phi) is 4.20. The van der Waals surface area contributed by atoms with Crippen molar-refractivity contribution in [2.75, 3.05) is 11.4 Å². The van der Waals surface area contributed by atoms with Crippen molar-refractivity contribution in [3.05, 3.63) is 48.0 Å². The quantitative estimate of drug-likeness (QED) is 0.687. The van der Waals surface area contributed by atoms with Gasteiger partial charge in [-0.05, 0) is 30.7 Å². The van der Waals surface area contributed by atoms with Gasteiger partial charge in [0.05, 0.1) is 5.69 Å². The predicted octanol–water partition coefficient (Wildman–Crippen LogP) is 2.02. The minimum absolute atomic E-state index is 0.140. The zero-order chi connectivity index (χ0) is 17.3. The average molecular weight is 335 g/mol. The van der Waals surface area contributed by atoms with Crippen LogP contribution < -0.4 is 10.2 Å². The van der Waals surface area contributed by atoms with Gasteiger partial charge in [0.2, 0.25) is 18.3 Å². The van der Waals surface area contributed by atoms with Crippen molar-refractivity contribution in [3.63, 3.8) is 0 Å². The van der Waals surface area contributed by atoms with Crippen LogP contribution in [0.25, 0.3) is 11.1 Å².